The molecule has 0 aliphatic carbocycles. The van der Waals surface area contributed by atoms with Gasteiger partial charge in [-0.05, 0) is 5.56 Å². The minimum absolute atomic E-state index is 0.193. The van der Waals surface area contributed by atoms with E-state index in [-0.39, 0.29) is 12.4 Å². The number of rotatable bonds is 4. The zero-order valence-corrected chi connectivity index (χ0v) is 9.98. The van der Waals surface area contributed by atoms with Crippen molar-refractivity contribution in [3.8, 4) is 0 Å². The molecule has 1 heterocycles. The smallest absolute Gasteiger partial charge is 0.168 e. The van der Waals surface area contributed by atoms with Crippen molar-refractivity contribution in [3.63, 3.8) is 0 Å². The van der Waals surface area contributed by atoms with Gasteiger partial charge in [-0.3, -0.25) is 0 Å². The van der Waals surface area contributed by atoms with Crippen molar-refractivity contribution in [3.05, 3.63) is 53.6 Å². The molecule has 1 unspecified atom stereocenters. The molecule has 0 spiro atoms. The molecule has 4 N–H and O–H groups in total. The van der Waals surface area contributed by atoms with Crippen LogP contribution in [-0.4, -0.2) is 16.7 Å². The first kappa shape index (κ1) is 13.2. The van der Waals surface area contributed by atoms with Crippen LogP contribution in [0.3, 0.4) is 0 Å². The highest BCUT2D eigenvalue weighted by atomic mass is 19.1. The summed E-state index contributed by atoms with van der Waals surface area (Å²) in [7, 11) is 0. The molecule has 0 aliphatic rings. The number of pyridine rings is 1. The Morgan fingerprint density at radius 2 is 1.89 bits per heavy atom. The third-order valence-electron chi connectivity index (χ3n) is 2.65. The second kappa shape index (κ2) is 5.62. The molecule has 100 valence electrons. The molecule has 6 heteroatoms. The predicted octanol–water partition coefficient (Wildman–Crippen LogP) is 2.09. The van der Waals surface area contributed by atoms with Crippen LogP contribution in [0.5, 0.6) is 0 Å². The van der Waals surface area contributed by atoms with Crippen molar-refractivity contribution < 1.29 is 13.9 Å². The van der Waals surface area contributed by atoms with Crippen LogP contribution in [0.4, 0.5) is 20.4 Å². The molecular weight excluding hydrogens is 252 g/mol. The van der Waals surface area contributed by atoms with Gasteiger partial charge in [-0.15, -0.1) is 0 Å². The summed E-state index contributed by atoms with van der Waals surface area (Å²) in [4.78, 5) is 3.59. The summed E-state index contributed by atoms with van der Waals surface area (Å²) < 4.78 is 26.5. The number of nitrogens with zero attached hydrogens (tertiary/aromatic N) is 1. The van der Waals surface area contributed by atoms with Crippen molar-refractivity contribution in [2.45, 2.75) is 6.04 Å². The van der Waals surface area contributed by atoms with Gasteiger partial charge in [0.1, 0.15) is 0 Å². The zero-order chi connectivity index (χ0) is 13.8. The van der Waals surface area contributed by atoms with Crippen LogP contribution in [0.25, 0.3) is 0 Å². The van der Waals surface area contributed by atoms with Gasteiger partial charge in [-0.2, -0.15) is 0 Å². The van der Waals surface area contributed by atoms with Gasteiger partial charge in [0.05, 0.1) is 12.6 Å². The lowest BCUT2D eigenvalue weighted by Crippen LogP contribution is -2.17. The first-order chi connectivity index (χ1) is 9.11. The summed E-state index contributed by atoms with van der Waals surface area (Å²) in [5, 5.41) is 12.0. The first-order valence-corrected chi connectivity index (χ1v) is 5.65. The number of halogens is 2. The molecule has 1 aromatic heterocycles. The molecule has 0 radical (unpaired) electrons. The summed E-state index contributed by atoms with van der Waals surface area (Å²) in [5.74, 6) is -2.36. The fraction of sp³-hybridized carbons (Fsp3) is 0.154. The maximum absolute atomic E-state index is 13.5. The molecular formula is C13H13F2N3O. The summed E-state index contributed by atoms with van der Waals surface area (Å²) in [6, 6.07) is 9.08. The molecule has 2 rings (SSSR count). The van der Waals surface area contributed by atoms with E-state index in [2.05, 4.69) is 10.3 Å². The molecule has 0 saturated heterocycles. The lowest BCUT2D eigenvalue weighted by molar-refractivity contribution is 0.276. The van der Waals surface area contributed by atoms with Crippen LogP contribution in [0.1, 0.15) is 11.6 Å². The number of nitrogens with one attached hydrogen (secondary N) is 1. The van der Waals surface area contributed by atoms with E-state index in [0.29, 0.717) is 6.07 Å². The van der Waals surface area contributed by atoms with Crippen molar-refractivity contribution >= 4 is 11.6 Å². The van der Waals surface area contributed by atoms with Gasteiger partial charge >= 0.3 is 0 Å². The van der Waals surface area contributed by atoms with Gasteiger partial charge in [0.25, 0.3) is 0 Å². The molecule has 0 saturated carbocycles. The third kappa shape index (κ3) is 2.97. The number of benzene rings is 1. The predicted molar refractivity (Wildman–Crippen MR) is 68.5 cm³/mol. The minimum Gasteiger partial charge on any atom is -0.394 e. The van der Waals surface area contributed by atoms with E-state index in [4.69, 9.17) is 5.73 Å². The van der Waals surface area contributed by atoms with Gasteiger partial charge in [0, 0.05) is 6.07 Å². The Labute approximate surface area is 108 Å². The highest BCUT2D eigenvalue weighted by Gasteiger charge is 2.15. The molecule has 2 aromatic rings. The van der Waals surface area contributed by atoms with E-state index in [9.17, 15) is 13.9 Å². The number of aliphatic hydroxyl groups excluding tert-OH is 1. The van der Waals surface area contributed by atoms with Gasteiger partial charge in [0.15, 0.2) is 23.3 Å². The molecule has 0 bridgehead atoms. The minimum atomic E-state index is -0.914. The Hall–Kier alpha value is -2.21. The van der Waals surface area contributed by atoms with Crippen molar-refractivity contribution in [2.75, 3.05) is 17.7 Å². The Kier molecular flexibility index (Phi) is 3.91. The number of aliphatic hydroxyl groups is 1. The van der Waals surface area contributed by atoms with Crippen molar-refractivity contribution in [2.24, 2.45) is 0 Å². The van der Waals surface area contributed by atoms with E-state index in [1.165, 1.54) is 0 Å². The van der Waals surface area contributed by atoms with E-state index < -0.39 is 23.5 Å². The fourth-order valence-corrected chi connectivity index (χ4v) is 1.67. The zero-order valence-electron chi connectivity index (χ0n) is 9.98. The molecule has 0 fully saturated rings. The number of aromatic nitrogens is 1. The average Bonchev–Trinajstić information content (AvgIpc) is 2.42. The SMILES string of the molecule is Nc1nc(NC(CO)c2ccccc2)c(F)cc1F. The van der Waals surface area contributed by atoms with Gasteiger partial charge in [-0.1, -0.05) is 30.3 Å². The first-order valence-electron chi connectivity index (χ1n) is 5.65. The molecule has 19 heavy (non-hydrogen) atoms. The molecule has 0 aliphatic heterocycles. The van der Waals surface area contributed by atoms with E-state index in [1.807, 2.05) is 6.07 Å². The van der Waals surface area contributed by atoms with E-state index in [1.54, 1.807) is 24.3 Å². The highest BCUT2D eigenvalue weighted by Crippen LogP contribution is 2.22. The maximum Gasteiger partial charge on any atom is 0.168 e. The Bertz CT molecular complexity index is 563. The number of nitrogen functional groups attached to an aromatic ring is 1. The maximum atomic E-state index is 13.5. The van der Waals surface area contributed by atoms with Gasteiger partial charge in [0.2, 0.25) is 0 Å². The van der Waals surface area contributed by atoms with Crippen LogP contribution in [0.15, 0.2) is 36.4 Å². The average molecular weight is 265 g/mol. The standard InChI is InChI=1S/C13H13F2N3O/c14-9-6-10(15)13(18-12(9)16)17-11(7-19)8-4-2-1-3-5-8/h1-6,11,19H,7H2,(H3,16,17,18). The molecule has 0 amide bonds. The summed E-state index contributed by atoms with van der Waals surface area (Å²) in [6.07, 6.45) is 0. The summed E-state index contributed by atoms with van der Waals surface area (Å²) in [5.41, 5.74) is 6.05. The monoisotopic (exact) mass is 265 g/mol. The molecule has 1 aromatic carbocycles. The number of anilines is 2. The number of hydrogen-bond donors (Lipinski definition) is 3. The van der Waals surface area contributed by atoms with Crippen LogP contribution in [0, 0.1) is 11.6 Å². The van der Waals surface area contributed by atoms with Crippen molar-refractivity contribution in [1.29, 1.82) is 0 Å². The van der Waals surface area contributed by atoms with Crippen LogP contribution < -0.4 is 11.1 Å². The lowest BCUT2D eigenvalue weighted by atomic mass is 10.1. The van der Waals surface area contributed by atoms with Crippen LogP contribution in [0.2, 0.25) is 0 Å². The third-order valence-corrected chi connectivity index (χ3v) is 2.65. The van der Waals surface area contributed by atoms with Gasteiger partial charge < -0.3 is 16.2 Å². The fourth-order valence-electron chi connectivity index (χ4n) is 1.67. The van der Waals surface area contributed by atoms with E-state index >= 15 is 0 Å². The van der Waals surface area contributed by atoms with E-state index in [0.717, 1.165) is 5.56 Å². The summed E-state index contributed by atoms with van der Waals surface area (Å²) in [6.45, 7) is -0.261. The molecule has 4 nitrogen and oxygen atoms in total. The molecule has 1 atom stereocenters. The van der Waals surface area contributed by atoms with Crippen LogP contribution >= 0.6 is 0 Å². The topological polar surface area (TPSA) is 71.2 Å². The Morgan fingerprint density at radius 3 is 2.53 bits per heavy atom. The van der Waals surface area contributed by atoms with Crippen LogP contribution in [-0.2, 0) is 0 Å². The normalized spacial score (nSPS) is 12.2. The largest absolute Gasteiger partial charge is 0.394 e. The summed E-state index contributed by atoms with van der Waals surface area (Å²) >= 11 is 0. The second-order valence-corrected chi connectivity index (χ2v) is 3.98. The van der Waals surface area contributed by atoms with Crippen molar-refractivity contribution in [1.82, 2.24) is 4.98 Å². The Balaban J connectivity index is 2.26. The Morgan fingerprint density at radius 1 is 1.21 bits per heavy atom. The number of nitrogens with two attached hydrogens (primary N) is 1. The lowest BCUT2D eigenvalue weighted by Gasteiger charge is -2.18. The quantitative estimate of drug-likeness (QED) is 0.791. The highest BCUT2D eigenvalue weighted by molar-refractivity contribution is 5.46. The van der Waals surface area contributed by atoms with Gasteiger partial charge in [-0.25, -0.2) is 13.8 Å². The number of hydrogen-bond acceptors (Lipinski definition) is 4. The second-order valence-electron chi connectivity index (χ2n) is 3.98.